The highest BCUT2D eigenvalue weighted by Crippen LogP contribution is 2.34. The molecule has 4 aromatic carbocycles. The number of amides is 2. The lowest BCUT2D eigenvalue weighted by atomic mass is 10.1. The fourth-order valence-corrected chi connectivity index (χ4v) is 7.24. The number of benzene rings is 4. The Hall–Kier alpha value is -5.55. The van der Waals surface area contributed by atoms with Crippen LogP contribution in [-0.2, 0) is 25.9 Å². The molecule has 0 fully saturated rings. The third-order valence-corrected chi connectivity index (χ3v) is 10.4. The van der Waals surface area contributed by atoms with Crippen molar-refractivity contribution in [1.29, 1.82) is 5.26 Å². The Labute approximate surface area is 334 Å². The number of carbonyl (C=O) groups excluding carboxylic acids is 2. The standard InChI is InChI=1S/C19H14BrClFN3O.C19H16ClFN4O.C2H3N/c20-18-13-9-10-24(15-8-4-7-14(21)16(15)22)19(26)17(13)23-25(18)11-12-5-2-1-3-6-12;20-14-7-4-8-15(16(14)21)24-10-9-13-17(19(24)26)23-25(18(13)22)11-12-5-2-1-3-6-12;1-2-3/h1-8H,9-11H2;1-8H,9-11,22H2;1H3. The van der Waals surface area contributed by atoms with Crippen LogP contribution in [0.2, 0.25) is 10.0 Å². The second-order valence-corrected chi connectivity index (χ2v) is 14.0. The zero-order valence-electron chi connectivity index (χ0n) is 29.4. The molecule has 2 aliphatic rings. The highest BCUT2D eigenvalue weighted by atomic mass is 79.9. The molecule has 0 radical (unpaired) electrons. The van der Waals surface area contributed by atoms with Crippen LogP contribution >= 0.6 is 39.1 Å². The van der Waals surface area contributed by atoms with Crippen LogP contribution in [0.15, 0.2) is 102 Å². The summed E-state index contributed by atoms with van der Waals surface area (Å²) in [6.45, 7) is 3.15. The summed E-state index contributed by atoms with van der Waals surface area (Å²) in [7, 11) is 0. The van der Waals surface area contributed by atoms with Gasteiger partial charge in [0, 0.05) is 31.1 Å². The fraction of sp³-hybridized carbons (Fsp3) is 0.175. The van der Waals surface area contributed by atoms with Gasteiger partial charge in [0.2, 0.25) is 0 Å². The molecule has 0 aliphatic carbocycles. The molecule has 8 rings (SSSR count). The predicted molar refractivity (Wildman–Crippen MR) is 213 cm³/mol. The summed E-state index contributed by atoms with van der Waals surface area (Å²) in [5.41, 5.74) is 10.8. The van der Waals surface area contributed by atoms with Gasteiger partial charge in [-0.25, -0.2) is 13.5 Å². The van der Waals surface area contributed by atoms with Gasteiger partial charge in [-0.05, 0) is 64.2 Å². The van der Waals surface area contributed by atoms with E-state index in [4.69, 9.17) is 34.2 Å². The summed E-state index contributed by atoms with van der Waals surface area (Å²) in [6.07, 6.45) is 1.09. The molecule has 15 heteroatoms. The molecule has 0 spiro atoms. The highest BCUT2D eigenvalue weighted by Gasteiger charge is 2.34. The first-order valence-electron chi connectivity index (χ1n) is 17.0. The maximum atomic E-state index is 14.3. The van der Waals surface area contributed by atoms with Gasteiger partial charge in [0.15, 0.2) is 23.0 Å². The number of nitriles is 1. The minimum Gasteiger partial charge on any atom is -0.384 e. The lowest BCUT2D eigenvalue weighted by molar-refractivity contribution is 0.0966. The number of nitrogen functional groups attached to an aromatic ring is 1. The van der Waals surface area contributed by atoms with E-state index in [0.717, 1.165) is 21.3 Å². The number of rotatable bonds is 6. The molecule has 0 saturated heterocycles. The van der Waals surface area contributed by atoms with E-state index in [2.05, 4.69) is 26.1 Å². The third kappa shape index (κ3) is 8.27. The first-order chi connectivity index (χ1) is 26.5. The number of nitrogens with two attached hydrogens (primary N) is 1. The van der Waals surface area contributed by atoms with Crippen molar-refractivity contribution in [2.24, 2.45) is 0 Å². The van der Waals surface area contributed by atoms with Gasteiger partial charge in [-0.2, -0.15) is 15.5 Å². The molecule has 0 atom stereocenters. The SMILES string of the molecule is CC#N.Nc1c2c(nn1Cc1ccccc1)C(=O)N(c1cccc(Cl)c1F)CC2.O=C1c2nn(Cc3ccccc3)c(Br)c2CCN1c1cccc(Cl)c1F. The molecule has 0 bridgehead atoms. The number of anilines is 3. The molecule has 4 heterocycles. The second kappa shape index (κ2) is 17.3. The first kappa shape index (κ1) is 39.2. The number of carbonyl (C=O) groups is 2. The maximum Gasteiger partial charge on any atom is 0.279 e. The molecular weight excluding hydrogens is 813 g/mol. The van der Waals surface area contributed by atoms with E-state index < -0.39 is 11.6 Å². The normalized spacial score (nSPS) is 13.2. The molecule has 2 aromatic heterocycles. The molecule has 2 N–H and O–H groups in total. The van der Waals surface area contributed by atoms with E-state index in [1.807, 2.05) is 60.7 Å². The molecule has 55 heavy (non-hydrogen) atoms. The smallest absolute Gasteiger partial charge is 0.279 e. The third-order valence-electron chi connectivity index (χ3n) is 8.94. The van der Waals surface area contributed by atoms with Crippen molar-refractivity contribution in [2.45, 2.75) is 32.9 Å². The van der Waals surface area contributed by atoms with E-state index in [1.165, 1.54) is 34.9 Å². The molecule has 280 valence electrons. The van der Waals surface area contributed by atoms with Crippen molar-refractivity contribution in [1.82, 2.24) is 19.6 Å². The van der Waals surface area contributed by atoms with Crippen molar-refractivity contribution in [2.75, 3.05) is 28.6 Å². The van der Waals surface area contributed by atoms with Crippen LogP contribution in [0.3, 0.4) is 0 Å². The lowest BCUT2D eigenvalue weighted by Crippen LogP contribution is -2.38. The summed E-state index contributed by atoms with van der Waals surface area (Å²) in [5, 5.41) is 16.2. The summed E-state index contributed by atoms with van der Waals surface area (Å²) in [5.74, 6) is -1.41. The van der Waals surface area contributed by atoms with Gasteiger partial charge in [0.25, 0.3) is 11.8 Å². The minimum absolute atomic E-state index is 0.00288. The van der Waals surface area contributed by atoms with Crippen molar-refractivity contribution in [3.05, 3.63) is 157 Å². The first-order valence-corrected chi connectivity index (χ1v) is 18.6. The van der Waals surface area contributed by atoms with E-state index >= 15 is 0 Å². The Morgan fingerprint density at radius 2 is 1.13 bits per heavy atom. The van der Waals surface area contributed by atoms with Crippen LogP contribution in [0.4, 0.5) is 26.0 Å². The van der Waals surface area contributed by atoms with E-state index in [1.54, 1.807) is 33.6 Å². The zero-order chi connectivity index (χ0) is 39.2. The molecule has 0 saturated carbocycles. The fourth-order valence-electron chi connectivity index (χ4n) is 6.31. The summed E-state index contributed by atoms with van der Waals surface area (Å²) in [4.78, 5) is 28.6. The van der Waals surface area contributed by atoms with Gasteiger partial charge in [0.1, 0.15) is 10.4 Å². The molecular formula is C40H33BrCl2F2N8O2. The van der Waals surface area contributed by atoms with Gasteiger partial charge in [-0.1, -0.05) is 96.0 Å². The predicted octanol–water partition coefficient (Wildman–Crippen LogP) is 8.73. The monoisotopic (exact) mass is 844 g/mol. The van der Waals surface area contributed by atoms with Crippen LogP contribution in [0.1, 0.15) is 50.2 Å². The van der Waals surface area contributed by atoms with Crippen molar-refractivity contribution in [3.63, 3.8) is 0 Å². The lowest BCUT2D eigenvalue weighted by Gasteiger charge is -2.26. The molecule has 10 nitrogen and oxygen atoms in total. The molecule has 2 aliphatic heterocycles. The number of fused-ring (bicyclic) bond motifs is 2. The highest BCUT2D eigenvalue weighted by molar-refractivity contribution is 9.10. The van der Waals surface area contributed by atoms with Gasteiger partial charge < -0.3 is 15.5 Å². The van der Waals surface area contributed by atoms with Crippen LogP contribution < -0.4 is 15.5 Å². The topological polar surface area (TPSA) is 126 Å². The number of nitrogens with zero attached hydrogens (tertiary/aromatic N) is 7. The summed E-state index contributed by atoms with van der Waals surface area (Å²) in [6, 6.07) is 30.6. The summed E-state index contributed by atoms with van der Waals surface area (Å²) < 4.78 is 32.8. The minimum atomic E-state index is -0.609. The van der Waals surface area contributed by atoms with E-state index in [9.17, 15) is 18.4 Å². The van der Waals surface area contributed by atoms with E-state index in [0.29, 0.717) is 56.1 Å². The van der Waals surface area contributed by atoms with Crippen LogP contribution in [0.25, 0.3) is 0 Å². The zero-order valence-corrected chi connectivity index (χ0v) is 32.5. The van der Waals surface area contributed by atoms with Crippen LogP contribution in [-0.4, -0.2) is 44.5 Å². The Morgan fingerprint density at radius 3 is 1.62 bits per heavy atom. The van der Waals surface area contributed by atoms with Crippen LogP contribution in [0, 0.1) is 23.0 Å². The number of halogens is 5. The Bertz CT molecular complexity index is 2240. The van der Waals surface area contributed by atoms with Crippen molar-refractivity contribution < 1.29 is 18.4 Å². The molecule has 0 unspecified atom stereocenters. The number of hydrogen-bond acceptors (Lipinski definition) is 6. The van der Waals surface area contributed by atoms with Gasteiger partial charge in [0.05, 0.1) is 40.6 Å². The molecule has 6 aromatic rings. The van der Waals surface area contributed by atoms with Gasteiger partial charge in [-0.15, -0.1) is 0 Å². The second-order valence-electron chi connectivity index (χ2n) is 12.4. The quantitative estimate of drug-likeness (QED) is 0.179. The summed E-state index contributed by atoms with van der Waals surface area (Å²) >= 11 is 15.3. The van der Waals surface area contributed by atoms with Crippen molar-refractivity contribution in [3.8, 4) is 6.07 Å². The Balaban J connectivity index is 0.000000175. The van der Waals surface area contributed by atoms with Gasteiger partial charge >= 0.3 is 0 Å². The molecule has 2 amide bonds. The van der Waals surface area contributed by atoms with E-state index in [-0.39, 0.29) is 38.9 Å². The van der Waals surface area contributed by atoms with Crippen LogP contribution in [0.5, 0.6) is 0 Å². The Morgan fingerprint density at radius 1 is 0.709 bits per heavy atom. The number of aromatic nitrogens is 4. The number of hydrogen-bond donors (Lipinski definition) is 1. The maximum absolute atomic E-state index is 14.3. The average Bonchev–Trinajstić information content (AvgIpc) is 3.68. The largest absolute Gasteiger partial charge is 0.384 e. The van der Waals surface area contributed by atoms with Gasteiger partial charge in [-0.3, -0.25) is 14.3 Å². The Kier molecular flexibility index (Phi) is 12.3. The average molecular weight is 847 g/mol. The van der Waals surface area contributed by atoms with Crippen molar-refractivity contribution >= 4 is 68.1 Å².